The zero-order chi connectivity index (χ0) is 17.2. The summed E-state index contributed by atoms with van der Waals surface area (Å²) in [6.45, 7) is 1.80. The van der Waals surface area contributed by atoms with Crippen molar-refractivity contribution in [2.45, 2.75) is 50.3 Å². The number of likely N-dealkylation sites (tertiary alicyclic amines) is 1. The number of benzene rings is 2. The number of hydrogen-bond donors (Lipinski definition) is 1. The fraction of sp³-hybridized carbons (Fsp3) is 0.455. The van der Waals surface area contributed by atoms with Gasteiger partial charge < -0.3 is 5.11 Å². The fourth-order valence-corrected chi connectivity index (χ4v) is 4.88. The summed E-state index contributed by atoms with van der Waals surface area (Å²) in [6, 6.07) is 17.9. The summed E-state index contributed by atoms with van der Waals surface area (Å²) >= 11 is 0. The number of nitrogens with zero attached hydrogens (tertiary/aromatic N) is 1. The van der Waals surface area contributed by atoms with Crippen LogP contribution in [0.15, 0.2) is 54.6 Å². The zero-order valence-corrected chi connectivity index (χ0v) is 14.5. The van der Waals surface area contributed by atoms with Crippen molar-refractivity contribution in [1.29, 1.82) is 0 Å². The second-order valence-corrected chi connectivity index (χ2v) is 7.57. The maximum atomic E-state index is 13.8. The third-order valence-corrected chi connectivity index (χ3v) is 6.01. The van der Waals surface area contributed by atoms with E-state index in [1.807, 2.05) is 12.1 Å². The summed E-state index contributed by atoms with van der Waals surface area (Å²) in [5.74, 6) is 0.226. The van der Waals surface area contributed by atoms with Gasteiger partial charge in [-0.25, -0.2) is 4.39 Å². The third-order valence-electron chi connectivity index (χ3n) is 6.01. The highest BCUT2D eigenvalue weighted by molar-refractivity contribution is 5.26. The quantitative estimate of drug-likeness (QED) is 0.899. The van der Waals surface area contributed by atoms with E-state index < -0.39 is 0 Å². The first-order valence-corrected chi connectivity index (χ1v) is 9.44. The van der Waals surface area contributed by atoms with Crippen molar-refractivity contribution in [3.63, 3.8) is 0 Å². The maximum Gasteiger partial charge on any atom is 0.123 e. The molecule has 25 heavy (non-hydrogen) atoms. The average molecular weight is 339 g/mol. The van der Waals surface area contributed by atoms with Gasteiger partial charge in [0.25, 0.3) is 0 Å². The smallest absolute Gasteiger partial charge is 0.123 e. The van der Waals surface area contributed by atoms with E-state index in [1.54, 1.807) is 12.1 Å². The molecule has 1 N–H and O–H groups in total. The van der Waals surface area contributed by atoms with Gasteiger partial charge in [0.15, 0.2) is 0 Å². The fourth-order valence-electron chi connectivity index (χ4n) is 4.88. The van der Waals surface area contributed by atoms with E-state index in [0.717, 1.165) is 37.9 Å². The Morgan fingerprint density at radius 3 is 2.60 bits per heavy atom. The van der Waals surface area contributed by atoms with E-state index in [9.17, 15) is 9.50 Å². The van der Waals surface area contributed by atoms with Crippen LogP contribution < -0.4 is 0 Å². The van der Waals surface area contributed by atoms with Crippen LogP contribution >= 0.6 is 0 Å². The van der Waals surface area contributed by atoms with Gasteiger partial charge in [0.05, 0.1) is 6.10 Å². The summed E-state index contributed by atoms with van der Waals surface area (Å²) in [5, 5.41) is 10.8. The molecule has 0 spiro atoms. The molecular weight excluding hydrogens is 313 g/mol. The van der Waals surface area contributed by atoms with E-state index in [0.29, 0.717) is 6.04 Å². The van der Waals surface area contributed by atoms with Gasteiger partial charge in [-0.3, -0.25) is 4.90 Å². The van der Waals surface area contributed by atoms with Crippen LogP contribution in [0.3, 0.4) is 0 Å². The van der Waals surface area contributed by atoms with Crippen LogP contribution in [0.2, 0.25) is 0 Å². The number of aliphatic hydroxyl groups is 1. The minimum atomic E-state index is -0.290. The summed E-state index contributed by atoms with van der Waals surface area (Å²) in [7, 11) is 0. The van der Waals surface area contributed by atoms with Crippen LogP contribution in [-0.2, 0) is 6.54 Å². The molecule has 2 fully saturated rings. The Balaban J connectivity index is 1.65. The minimum absolute atomic E-state index is 0.182. The second-order valence-electron chi connectivity index (χ2n) is 7.57. The topological polar surface area (TPSA) is 23.5 Å². The standard InChI is InChI=1S/C22H26FNO/c23-18-10-6-9-17(13-18)19-15-24(14-16-7-2-1-3-8-16)20-11-4-5-12-21(25)22(19)20/h1-3,6-10,13,19-22,25H,4-5,11-12,14-15H2/t19-,20+,21?,22-/m1/s1. The van der Waals surface area contributed by atoms with Gasteiger partial charge in [0.2, 0.25) is 0 Å². The van der Waals surface area contributed by atoms with Gasteiger partial charge in [-0.05, 0) is 36.1 Å². The molecule has 1 saturated carbocycles. The van der Waals surface area contributed by atoms with Crippen LogP contribution in [0.5, 0.6) is 0 Å². The van der Waals surface area contributed by atoms with E-state index in [2.05, 4.69) is 29.2 Å². The lowest BCUT2D eigenvalue weighted by molar-refractivity contribution is 0.0753. The van der Waals surface area contributed by atoms with Crippen LogP contribution in [0.4, 0.5) is 4.39 Å². The molecular formula is C22H26FNO. The monoisotopic (exact) mass is 339 g/mol. The van der Waals surface area contributed by atoms with Crippen molar-refractivity contribution in [2.24, 2.45) is 5.92 Å². The molecule has 0 bridgehead atoms. The van der Waals surface area contributed by atoms with E-state index in [4.69, 9.17) is 0 Å². The van der Waals surface area contributed by atoms with E-state index in [1.165, 1.54) is 18.1 Å². The second kappa shape index (κ2) is 7.27. The molecule has 4 atom stereocenters. The lowest BCUT2D eigenvalue weighted by Crippen LogP contribution is -2.36. The molecule has 1 aliphatic heterocycles. The van der Waals surface area contributed by atoms with Crippen molar-refractivity contribution in [1.82, 2.24) is 4.90 Å². The molecule has 1 unspecified atom stereocenters. The normalized spacial score (nSPS) is 30.0. The summed E-state index contributed by atoms with van der Waals surface area (Å²) in [6.07, 6.45) is 3.95. The molecule has 4 rings (SSSR count). The summed E-state index contributed by atoms with van der Waals surface area (Å²) < 4.78 is 13.8. The SMILES string of the molecule is OC1CCCC[C@H]2[C@H]1[C@@H](c1cccc(F)c1)CN2Cc1ccccc1. The Kier molecular flexibility index (Phi) is 4.87. The number of fused-ring (bicyclic) bond motifs is 1. The molecule has 2 aromatic carbocycles. The Morgan fingerprint density at radius 1 is 1.00 bits per heavy atom. The molecule has 132 valence electrons. The summed E-state index contributed by atoms with van der Waals surface area (Å²) in [4.78, 5) is 2.52. The highest BCUT2D eigenvalue weighted by Gasteiger charge is 2.46. The van der Waals surface area contributed by atoms with Gasteiger partial charge in [-0.2, -0.15) is 0 Å². The molecule has 2 aliphatic rings. The molecule has 0 amide bonds. The summed E-state index contributed by atoms with van der Waals surface area (Å²) in [5.41, 5.74) is 2.34. The lowest BCUT2D eigenvalue weighted by Gasteiger charge is -2.29. The van der Waals surface area contributed by atoms with Crippen LogP contribution in [0.1, 0.15) is 42.7 Å². The first-order chi connectivity index (χ1) is 12.2. The van der Waals surface area contributed by atoms with Crippen LogP contribution in [0.25, 0.3) is 0 Å². The molecule has 1 saturated heterocycles. The van der Waals surface area contributed by atoms with E-state index >= 15 is 0 Å². The molecule has 1 heterocycles. The Morgan fingerprint density at radius 2 is 1.80 bits per heavy atom. The number of aliphatic hydroxyl groups excluding tert-OH is 1. The largest absolute Gasteiger partial charge is 0.393 e. The third kappa shape index (κ3) is 3.49. The van der Waals surface area contributed by atoms with Gasteiger partial charge in [-0.1, -0.05) is 55.3 Å². The van der Waals surface area contributed by atoms with Crippen LogP contribution in [0, 0.1) is 11.7 Å². The van der Waals surface area contributed by atoms with Crippen molar-refractivity contribution >= 4 is 0 Å². The maximum absolute atomic E-state index is 13.8. The predicted octanol–water partition coefficient (Wildman–Crippen LogP) is 4.34. The Bertz CT molecular complexity index is 704. The predicted molar refractivity (Wildman–Crippen MR) is 97.7 cm³/mol. The molecule has 0 radical (unpaired) electrons. The molecule has 0 aromatic heterocycles. The Labute approximate surface area is 149 Å². The van der Waals surface area contributed by atoms with Crippen molar-refractivity contribution < 1.29 is 9.50 Å². The van der Waals surface area contributed by atoms with E-state index in [-0.39, 0.29) is 23.8 Å². The highest BCUT2D eigenvalue weighted by atomic mass is 19.1. The van der Waals surface area contributed by atoms with Gasteiger partial charge in [0.1, 0.15) is 5.82 Å². The van der Waals surface area contributed by atoms with Crippen molar-refractivity contribution in [3.8, 4) is 0 Å². The zero-order valence-electron chi connectivity index (χ0n) is 14.5. The molecule has 2 nitrogen and oxygen atoms in total. The van der Waals surface area contributed by atoms with Crippen LogP contribution in [-0.4, -0.2) is 28.7 Å². The minimum Gasteiger partial charge on any atom is -0.393 e. The molecule has 1 aliphatic carbocycles. The van der Waals surface area contributed by atoms with Gasteiger partial charge in [0, 0.05) is 31.0 Å². The number of rotatable bonds is 3. The number of halogens is 1. The average Bonchev–Trinajstić information content (AvgIpc) is 2.86. The highest BCUT2D eigenvalue weighted by Crippen LogP contribution is 2.44. The van der Waals surface area contributed by atoms with Crippen molar-refractivity contribution in [3.05, 3.63) is 71.5 Å². The van der Waals surface area contributed by atoms with Gasteiger partial charge in [-0.15, -0.1) is 0 Å². The first kappa shape index (κ1) is 16.7. The Hall–Kier alpha value is -1.71. The first-order valence-electron chi connectivity index (χ1n) is 9.44. The molecule has 3 heteroatoms. The number of hydrogen-bond acceptors (Lipinski definition) is 2. The molecule has 2 aromatic rings. The lowest BCUT2D eigenvalue weighted by atomic mass is 9.81. The van der Waals surface area contributed by atoms with Gasteiger partial charge >= 0.3 is 0 Å². The van der Waals surface area contributed by atoms with Crippen molar-refractivity contribution in [2.75, 3.05) is 6.54 Å².